The molecule has 2 aliphatic carbocycles. The van der Waals surface area contributed by atoms with Gasteiger partial charge in [0.05, 0.1) is 50.7 Å². The number of nitrogens with zero attached hydrogens (tertiary/aromatic N) is 5. The number of nitro benzene ring substituents is 2. The quantitative estimate of drug-likeness (QED) is 0.155. The lowest BCUT2D eigenvalue weighted by atomic mass is 9.51. The average molecular weight is 720 g/mol. The lowest BCUT2D eigenvalue weighted by Crippen LogP contribution is -2.51. The molecular formula is C38H33N5O10. The van der Waals surface area contributed by atoms with Crippen molar-refractivity contribution in [3.63, 3.8) is 0 Å². The zero-order valence-corrected chi connectivity index (χ0v) is 28.8. The highest BCUT2D eigenvalue weighted by Crippen LogP contribution is 2.63. The van der Waals surface area contributed by atoms with Crippen LogP contribution in [-0.4, -0.2) is 52.7 Å². The van der Waals surface area contributed by atoms with Crippen LogP contribution in [0, 0.1) is 55.2 Å². The van der Waals surface area contributed by atoms with E-state index < -0.39 is 79.9 Å². The molecule has 0 radical (unpaired) electrons. The first-order valence-corrected chi connectivity index (χ1v) is 17.1. The maximum absolute atomic E-state index is 14.7. The van der Waals surface area contributed by atoms with Gasteiger partial charge in [0.25, 0.3) is 0 Å². The molecule has 3 aromatic rings. The lowest BCUT2D eigenvalue weighted by molar-refractivity contribution is -0.392. The summed E-state index contributed by atoms with van der Waals surface area (Å²) in [5, 5.41) is 34.6. The number of anilines is 3. The molecule has 4 amide bonds. The third kappa shape index (κ3) is 4.79. The largest absolute Gasteiger partial charge is 0.508 e. The Kier molecular flexibility index (Phi) is 7.53. The second-order valence-corrected chi connectivity index (χ2v) is 14.5. The molecule has 0 unspecified atom stereocenters. The Labute approximate surface area is 302 Å². The third-order valence-electron chi connectivity index (χ3n) is 11.6. The molecule has 1 saturated carbocycles. The molecule has 270 valence electrons. The van der Waals surface area contributed by atoms with Crippen LogP contribution in [0.4, 0.5) is 28.4 Å². The Morgan fingerprint density at radius 3 is 2.19 bits per heavy atom. The maximum Gasteiger partial charge on any atom is 0.301 e. The van der Waals surface area contributed by atoms with Crippen molar-refractivity contribution >= 4 is 52.1 Å². The number of fused-ring (bicyclic) bond motifs is 5. The standard InChI is InChI=1S/C38H33N5O10/c1-38-27(35(46)41(37(38)48)21-7-5-4-6-8-21)17-26-24(32(38)20-13-19-14-23(44)9-12-30(19)53-18-20)10-11-25-31(26)36(47)40(34(25)45)22-15-28(42(49)50)33(39(2)3)29(16-22)43(51)52/h4-10,12,14-16,18,25-27,31-32,44H,11,13,17H2,1-3H3/t25-,26+,27-,31-,32-,38+/m0/s1. The van der Waals surface area contributed by atoms with Crippen LogP contribution in [0.5, 0.6) is 11.5 Å². The predicted molar refractivity (Wildman–Crippen MR) is 189 cm³/mol. The molecular weight excluding hydrogens is 686 g/mol. The molecule has 0 bridgehead atoms. The molecule has 3 fully saturated rings. The minimum atomic E-state index is -1.32. The number of carbonyl (C=O) groups is 4. The molecule has 3 aromatic carbocycles. The number of allylic oxidation sites excluding steroid dienone is 3. The van der Waals surface area contributed by atoms with Gasteiger partial charge in [0.2, 0.25) is 23.6 Å². The molecule has 15 nitrogen and oxygen atoms in total. The number of amides is 4. The zero-order valence-electron chi connectivity index (χ0n) is 28.8. The van der Waals surface area contributed by atoms with Crippen molar-refractivity contribution in [2.75, 3.05) is 28.8 Å². The molecule has 8 rings (SSSR count). The van der Waals surface area contributed by atoms with Crippen LogP contribution in [0.2, 0.25) is 0 Å². The molecule has 15 heteroatoms. The van der Waals surface area contributed by atoms with E-state index in [1.807, 2.05) is 6.08 Å². The Morgan fingerprint density at radius 1 is 0.868 bits per heavy atom. The van der Waals surface area contributed by atoms with E-state index in [-0.39, 0.29) is 36.4 Å². The minimum absolute atomic E-state index is 0.0237. The number of aromatic hydroxyl groups is 1. The molecule has 0 aromatic heterocycles. The minimum Gasteiger partial charge on any atom is -0.508 e. The van der Waals surface area contributed by atoms with Crippen molar-refractivity contribution in [1.29, 1.82) is 0 Å². The van der Waals surface area contributed by atoms with Gasteiger partial charge >= 0.3 is 11.4 Å². The topological polar surface area (TPSA) is 194 Å². The van der Waals surface area contributed by atoms with Gasteiger partial charge in [-0.1, -0.05) is 29.8 Å². The molecule has 0 spiro atoms. The van der Waals surface area contributed by atoms with Crippen LogP contribution in [-0.2, 0) is 25.6 Å². The third-order valence-corrected chi connectivity index (χ3v) is 11.6. The zero-order chi connectivity index (χ0) is 37.7. The molecule has 6 atom stereocenters. The normalized spacial score (nSPS) is 27.3. The van der Waals surface area contributed by atoms with E-state index in [9.17, 15) is 44.5 Å². The van der Waals surface area contributed by atoms with Crippen molar-refractivity contribution < 1.29 is 38.9 Å². The highest BCUT2D eigenvalue weighted by Gasteiger charge is 2.68. The predicted octanol–water partition coefficient (Wildman–Crippen LogP) is 5.06. The van der Waals surface area contributed by atoms with Crippen LogP contribution < -0.4 is 19.4 Å². The first kappa shape index (κ1) is 33.7. The second-order valence-electron chi connectivity index (χ2n) is 14.5. The van der Waals surface area contributed by atoms with E-state index in [1.54, 1.807) is 55.7 Å². The van der Waals surface area contributed by atoms with Crippen LogP contribution >= 0.6 is 0 Å². The summed E-state index contributed by atoms with van der Waals surface area (Å²) in [5.74, 6) is -5.96. The number of rotatable bonds is 6. The number of nitro groups is 2. The number of hydrogen-bond acceptors (Lipinski definition) is 11. The van der Waals surface area contributed by atoms with E-state index in [4.69, 9.17) is 4.74 Å². The van der Waals surface area contributed by atoms with Gasteiger partial charge in [-0.25, -0.2) is 9.80 Å². The lowest BCUT2D eigenvalue weighted by Gasteiger charge is -2.49. The van der Waals surface area contributed by atoms with Crippen molar-refractivity contribution in [1.82, 2.24) is 0 Å². The Morgan fingerprint density at radius 2 is 1.55 bits per heavy atom. The highest BCUT2D eigenvalue weighted by molar-refractivity contribution is 6.25. The summed E-state index contributed by atoms with van der Waals surface area (Å²) in [4.78, 5) is 83.7. The van der Waals surface area contributed by atoms with E-state index >= 15 is 0 Å². The summed E-state index contributed by atoms with van der Waals surface area (Å²) >= 11 is 0. The molecule has 3 heterocycles. The van der Waals surface area contributed by atoms with Crippen LogP contribution in [0.3, 0.4) is 0 Å². The number of benzene rings is 3. The second kappa shape index (κ2) is 11.8. The SMILES string of the molecule is CN(C)c1c([N+](=O)[O-])cc(N2C(=O)[C@H]3[C@H](CC=C4[C@H](C5=COc6ccc(O)cc6C5)[C@]5(C)C(=O)N(c6ccccc6)C(=O)[C@@H]5C[C@H]43)C2=O)cc1[N+](=O)[O-]. The van der Waals surface area contributed by atoms with Crippen molar-refractivity contribution in [2.24, 2.45) is 35.0 Å². The fraction of sp³-hybridized carbons (Fsp3) is 0.316. The summed E-state index contributed by atoms with van der Waals surface area (Å²) < 4.78 is 6.03. The van der Waals surface area contributed by atoms with Crippen molar-refractivity contribution in [3.05, 3.63) is 110 Å². The Hall–Kier alpha value is -6.38. The number of carbonyl (C=O) groups excluding carboxylic acids is 4. The summed E-state index contributed by atoms with van der Waals surface area (Å²) in [5.41, 5.74) is -0.773. The number of phenolic OH excluding ortho intramolecular Hbond substituents is 1. The summed E-state index contributed by atoms with van der Waals surface area (Å²) in [6.07, 6.45) is 3.83. The van der Waals surface area contributed by atoms with Gasteiger partial charge in [0.1, 0.15) is 11.5 Å². The van der Waals surface area contributed by atoms with E-state index in [2.05, 4.69) is 0 Å². The van der Waals surface area contributed by atoms with Crippen molar-refractivity contribution in [3.8, 4) is 11.5 Å². The monoisotopic (exact) mass is 719 g/mol. The molecule has 3 aliphatic heterocycles. The van der Waals surface area contributed by atoms with Gasteiger partial charge in [-0.2, -0.15) is 0 Å². The van der Waals surface area contributed by atoms with Gasteiger partial charge in [-0.05, 0) is 61.6 Å². The fourth-order valence-corrected chi connectivity index (χ4v) is 9.38. The maximum atomic E-state index is 14.7. The van der Waals surface area contributed by atoms with E-state index in [0.29, 0.717) is 28.1 Å². The first-order chi connectivity index (χ1) is 25.2. The summed E-state index contributed by atoms with van der Waals surface area (Å²) in [7, 11) is 2.83. The highest BCUT2D eigenvalue weighted by atomic mass is 16.6. The first-order valence-electron chi connectivity index (χ1n) is 17.1. The van der Waals surface area contributed by atoms with Gasteiger partial charge in [-0.15, -0.1) is 0 Å². The number of imide groups is 2. The molecule has 2 saturated heterocycles. The Balaban J connectivity index is 1.25. The fourth-order valence-electron chi connectivity index (χ4n) is 9.38. The molecule has 53 heavy (non-hydrogen) atoms. The van der Waals surface area contributed by atoms with E-state index in [0.717, 1.165) is 17.0 Å². The van der Waals surface area contributed by atoms with Crippen LogP contribution in [0.1, 0.15) is 25.3 Å². The van der Waals surface area contributed by atoms with Crippen LogP contribution in [0.25, 0.3) is 0 Å². The number of phenols is 1. The van der Waals surface area contributed by atoms with Gasteiger partial charge < -0.3 is 14.7 Å². The number of para-hydroxylation sites is 1. The molecule has 5 aliphatic rings. The summed E-state index contributed by atoms with van der Waals surface area (Å²) in [6, 6.07) is 15.3. The number of hydrogen-bond donors (Lipinski definition) is 1. The van der Waals surface area contributed by atoms with Gasteiger partial charge in [-0.3, -0.25) is 39.4 Å². The van der Waals surface area contributed by atoms with Crippen molar-refractivity contribution in [2.45, 2.75) is 26.2 Å². The smallest absolute Gasteiger partial charge is 0.301 e. The van der Waals surface area contributed by atoms with Gasteiger partial charge in [0, 0.05) is 44.1 Å². The Bertz CT molecular complexity index is 2210. The number of ether oxygens (including phenoxy) is 1. The average Bonchev–Trinajstić information content (AvgIpc) is 3.50. The summed E-state index contributed by atoms with van der Waals surface area (Å²) in [6.45, 7) is 1.76. The van der Waals surface area contributed by atoms with Gasteiger partial charge in [0.15, 0.2) is 5.69 Å². The van der Waals surface area contributed by atoms with Crippen LogP contribution in [0.15, 0.2) is 84.1 Å². The van der Waals surface area contributed by atoms with E-state index in [1.165, 1.54) is 30.0 Å². The molecule has 1 N–H and O–H groups in total.